The van der Waals surface area contributed by atoms with Crippen molar-refractivity contribution < 1.29 is 9.47 Å². The van der Waals surface area contributed by atoms with Gasteiger partial charge in [0, 0.05) is 39.8 Å². The lowest BCUT2D eigenvalue weighted by atomic mass is 10.3. The van der Waals surface area contributed by atoms with E-state index < -0.39 is 0 Å². The van der Waals surface area contributed by atoms with Crippen LogP contribution in [0.1, 0.15) is 19.8 Å². The Morgan fingerprint density at radius 3 is 2.65 bits per heavy atom. The Morgan fingerprint density at radius 2 is 1.95 bits per heavy atom. The summed E-state index contributed by atoms with van der Waals surface area (Å²) in [7, 11) is 1.80. The molecule has 6 nitrogen and oxygen atoms in total. The zero-order valence-electron chi connectivity index (χ0n) is 13.0. The van der Waals surface area contributed by atoms with Crippen molar-refractivity contribution in [1.29, 1.82) is 0 Å². The molecule has 0 aromatic rings. The molecule has 6 heteroatoms. The van der Waals surface area contributed by atoms with E-state index in [9.17, 15) is 0 Å². The zero-order chi connectivity index (χ0) is 14.5. The molecule has 0 unspecified atom stereocenters. The standard InChI is InChI=1S/C14H30N4O2/c1-3-19-11-7-17-14(15-2)16-6-4-5-8-18-9-12-20-13-10-18/h3-13H2,1-2H3,(H2,15,16,17). The number of nitrogens with zero attached hydrogens (tertiary/aromatic N) is 2. The quantitative estimate of drug-likeness (QED) is 0.363. The van der Waals surface area contributed by atoms with E-state index in [1.165, 1.54) is 13.0 Å². The van der Waals surface area contributed by atoms with E-state index in [0.29, 0.717) is 6.61 Å². The lowest BCUT2D eigenvalue weighted by Gasteiger charge is -2.26. The van der Waals surface area contributed by atoms with Gasteiger partial charge in [-0.05, 0) is 26.3 Å². The summed E-state index contributed by atoms with van der Waals surface area (Å²) in [5.41, 5.74) is 0. The second-order valence-corrected chi connectivity index (χ2v) is 4.78. The van der Waals surface area contributed by atoms with Gasteiger partial charge in [-0.1, -0.05) is 0 Å². The highest BCUT2D eigenvalue weighted by Gasteiger charge is 2.08. The molecule has 1 heterocycles. The largest absolute Gasteiger partial charge is 0.380 e. The number of aliphatic imine (C=N–C) groups is 1. The van der Waals surface area contributed by atoms with E-state index >= 15 is 0 Å². The first-order chi connectivity index (χ1) is 9.86. The van der Waals surface area contributed by atoms with Crippen LogP contribution in [0.15, 0.2) is 4.99 Å². The van der Waals surface area contributed by atoms with Gasteiger partial charge >= 0.3 is 0 Å². The number of nitrogens with one attached hydrogen (secondary N) is 2. The Hall–Kier alpha value is -0.850. The van der Waals surface area contributed by atoms with Crippen molar-refractivity contribution in [2.75, 3.05) is 66.2 Å². The highest BCUT2D eigenvalue weighted by molar-refractivity contribution is 5.79. The summed E-state index contributed by atoms with van der Waals surface area (Å²) >= 11 is 0. The minimum Gasteiger partial charge on any atom is -0.380 e. The van der Waals surface area contributed by atoms with Gasteiger partial charge in [0.05, 0.1) is 19.8 Å². The average Bonchev–Trinajstić information content (AvgIpc) is 2.50. The molecule has 0 spiro atoms. The van der Waals surface area contributed by atoms with Crippen molar-refractivity contribution >= 4 is 5.96 Å². The molecule has 1 aliphatic rings. The minimum atomic E-state index is 0.716. The van der Waals surface area contributed by atoms with Crippen LogP contribution in [0.4, 0.5) is 0 Å². The van der Waals surface area contributed by atoms with Crippen molar-refractivity contribution in [2.45, 2.75) is 19.8 Å². The molecule has 118 valence electrons. The fraction of sp³-hybridized carbons (Fsp3) is 0.929. The molecule has 0 saturated carbocycles. The summed E-state index contributed by atoms with van der Waals surface area (Å²) in [4.78, 5) is 6.66. The predicted octanol–water partition coefficient (Wildman–Crippen LogP) is 0.300. The van der Waals surface area contributed by atoms with Gasteiger partial charge in [-0.25, -0.2) is 0 Å². The molecule has 0 bridgehead atoms. The molecule has 0 aromatic heterocycles. The van der Waals surface area contributed by atoms with E-state index in [1.807, 2.05) is 6.92 Å². The summed E-state index contributed by atoms with van der Waals surface area (Å²) in [6.07, 6.45) is 2.37. The average molecular weight is 286 g/mol. The van der Waals surface area contributed by atoms with Crippen LogP contribution in [0.2, 0.25) is 0 Å². The van der Waals surface area contributed by atoms with Gasteiger partial charge in [0.15, 0.2) is 5.96 Å². The van der Waals surface area contributed by atoms with Crippen LogP contribution < -0.4 is 10.6 Å². The van der Waals surface area contributed by atoms with Crippen LogP contribution in [0.3, 0.4) is 0 Å². The van der Waals surface area contributed by atoms with E-state index in [1.54, 1.807) is 7.05 Å². The number of morpholine rings is 1. The summed E-state index contributed by atoms with van der Waals surface area (Å²) in [6.45, 7) is 10.3. The van der Waals surface area contributed by atoms with Gasteiger partial charge in [0.2, 0.25) is 0 Å². The smallest absolute Gasteiger partial charge is 0.191 e. The maximum Gasteiger partial charge on any atom is 0.191 e. The van der Waals surface area contributed by atoms with Crippen molar-refractivity contribution in [3.63, 3.8) is 0 Å². The first-order valence-corrected chi connectivity index (χ1v) is 7.69. The molecule has 20 heavy (non-hydrogen) atoms. The molecule has 0 atom stereocenters. The normalized spacial score (nSPS) is 17.2. The van der Waals surface area contributed by atoms with Crippen molar-refractivity contribution in [2.24, 2.45) is 4.99 Å². The molecule has 0 aromatic carbocycles. The van der Waals surface area contributed by atoms with Crippen LogP contribution >= 0.6 is 0 Å². The number of hydrogen-bond acceptors (Lipinski definition) is 4. The minimum absolute atomic E-state index is 0.716. The summed E-state index contributed by atoms with van der Waals surface area (Å²) < 4.78 is 10.6. The second kappa shape index (κ2) is 11.9. The summed E-state index contributed by atoms with van der Waals surface area (Å²) in [5, 5.41) is 6.56. The Kier molecular flexibility index (Phi) is 10.3. The van der Waals surface area contributed by atoms with Crippen LogP contribution in [-0.2, 0) is 9.47 Å². The van der Waals surface area contributed by atoms with E-state index in [2.05, 4.69) is 20.5 Å². The second-order valence-electron chi connectivity index (χ2n) is 4.78. The van der Waals surface area contributed by atoms with Gasteiger partial charge in [0.25, 0.3) is 0 Å². The molecular weight excluding hydrogens is 256 g/mol. The van der Waals surface area contributed by atoms with Crippen LogP contribution in [-0.4, -0.2) is 77.1 Å². The first kappa shape index (κ1) is 17.2. The molecular formula is C14H30N4O2. The van der Waals surface area contributed by atoms with Gasteiger partial charge in [-0.3, -0.25) is 9.89 Å². The Bertz CT molecular complexity index is 256. The van der Waals surface area contributed by atoms with E-state index in [4.69, 9.17) is 9.47 Å². The van der Waals surface area contributed by atoms with Gasteiger partial charge in [0.1, 0.15) is 0 Å². The van der Waals surface area contributed by atoms with Crippen molar-refractivity contribution in [1.82, 2.24) is 15.5 Å². The molecule has 2 N–H and O–H groups in total. The van der Waals surface area contributed by atoms with Crippen LogP contribution in [0.5, 0.6) is 0 Å². The number of ether oxygens (including phenoxy) is 2. The van der Waals surface area contributed by atoms with Gasteiger partial charge in [-0.15, -0.1) is 0 Å². The first-order valence-electron chi connectivity index (χ1n) is 7.69. The van der Waals surface area contributed by atoms with E-state index in [0.717, 1.165) is 58.4 Å². The monoisotopic (exact) mass is 286 g/mol. The third-order valence-corrected chi connectivity index (χ3v) is 3.26. The summed E-state index contributed by atoms with van der Waals surface area (Å²) in [6, 6.07) is 0. The fourth-order valence-corrected chi connectivity index (χ4v) is 2.10. The lowest BCUT2D eigenvalue weighted by Crippen LogP contribution is -2.40. The SMILES string of the molecule is CCOCCNC(=NC)NCCCCN1CCOCC1. The molecule has 1 saturated heterocycles. The fourth-order valence-electron chi connectivity index (χ4n) is 2.10. The number of hydrogen-bond donors (Lipinski definition) is 2. The van der Waals surface area contributed by atoms with Crippen LogP contribution in [0.25, 0.3) is 0 Å². The predicted molar refractivity (Wildman–Crippen MR) is 82.4 cm³/mol. The Labute approximate surface area is 122 Å². The van der Waals surface area contributed by atoms with Crippen molar-refractivity contribution in [3.05, 3.63) is 0 Å². The van der Waals surface area contributed by atoms with Crippen LogP contribution in [0, 0.1) is 0 Å². The third-order valence-electron chi connectivity index (χ3n) is 3.26. The number of rotatable bonds is 9. The molecule has 1 fully saturated rings. The Balaban J connectivity index is 1.95. The Morgan fingerprint density at radius 1 is 1.20 bits per heavy atom. The molecule has 0 amide bonds. The summed E-state index contributed by atoms with van der Waals surface area (Å²) in [5.74, 6) is 0.857. The molecule has 0 aliphatic carbocycles. The maximum absolute atomic E-state index is 5.34. The van der Waals surface area contributed by atoms with Gasteiger partial charge in [-0.2, -0.15) is 0 Å². The molecule has 0 radical (unpaired) electrons. The van der Waals surface area contributed by atoms with Gasteiger partial charge < -0.3 is 20.1 Å². The molecule has 1 rings (SSSR count). The highest BCUT2D eigenvalue weighted by atomic mass is 16.5. The van der Waals surface area contributed by atoms with E-state index in [-0.39, 0.29) is 0 Å². The third kappa shape index (κ3) is 8.35. The zero-order valence-corrected chi connectivity index (χ0v) is 13.0. The lowest BCUT2D eigenvalue weighted by molar-refractivity contribution is 0.0372. The van der Waals surface area contributed by atoms with Crippen molar-refractivity contribution in [3.8, 4) is 0 Å². The number of unbranched alkanes of at least 4 members (excludes halogenated alkanes) is 1. The topological polar surface area (TPSA) is 58.1 Å². The maximum atomic E-state index is 5.34. The highest BCUT2D eigenvalue weighted by Crippen LogP contribution is 1.99. The molecule has 1 aliphatic heterocycles. The number of guanidine groups is 1.